The van der Waals surface area contributed by atoms with Crippen molar-refractivity contribution in [1.29, 1.82) is 0 Å². The van der Waals surface area contributed by atoms with Gasteiger partial charge in [-0.05, 0) is 24.3 Å². The van der Waals surface area contributed by atoms with Crippen LogP contribution >= 0.6 is 39.1 Å². The summed E-state index contributed by atoms with van der Waals surface area (Å²) in [4.78, 5) is 15.4. The van der Waals surface area contributed by atoms with Crippen LogP contribution in [0.1, 0.15) is 10.4 Å². The number of imidazole rings is 1. The van der Waals surface area contributed by atoms with Crippen LogP contribution in [0, 0.1) is 0 Å². The van der Waals surface area contributed by atoms with Gasteiger partial charge in [0.25, 0.3) is 0 Å². The third-order valence-corrected chi connectivity index (χ3v) is 4.03. The summed E-state index contributed by atoms with van der Waals surface area (Å²) in [5, 5.41) is 12.9. The Morgan fingerprint density at radius 3 is 2.68 bits per heavy atom. The zero-order valence-electron chi connectivity index (χ0n) is 10.8. The predicted molar refractivity (Wildman–Crippen MR) is 89.6 cm³/mol. The Morgan fingerprint density at radius 2 is 2.00 bits per heavy atom. The van der Waals surface area contributed by atoms with Gasteiger partial charge in [0.05, 0.1) is 27.5 Å². The van der Waals surface area contributed by atoms with Gasteiger partial charge in [0.15, 0.2) is 5.65 Å². The first kappa shape index (κ1) is 15.1. The largest absolute Gasteiger partial charge is 0.478 e. The lowest BCUT2D eigenvalue weighted by Gasteiger charge is -2.05. The van der Waals surface area contributed by atoms with Crippen LogP contribution in [0.15, 0.2) is 41.1 Å². The standard InChI is InChI=1S/C14H8BrCl2N3O2/c15-8-1-2-11(9(16)4-8)18-12-6-20-5-7(14(21)22)3-10(17)13(20)19-12/h1-6,18H,(H,21,22). The Bertz CT molecular complexity index is 895. The van der Waals surface area contributed by atoms with Crippen LogP contribution < -0.4 is 5.32 Å². The summed E-state index contributed by atoms with van der Waals surface area (Å²) < 4.78 is 2.42. The summed E-state index contributed by atoms with van der Waals surface area (Å²) in [6.07, 6.45) is 3.09. The molecule has 1 aromatic carbocycles. The van der Waals surface area contributed by atoms with Crippen molar-refractivity contribution < 1.29 is 9.90 Å². The quantitative estimate of drug-likeness (QED) is 0.659. The fourth-order valence-electron chi connectivity index (χ4n) is 1.96. The minimum absolute atomic E-state index is 0.0862. The van der Waals surface area contributed by atoms with Crippen molar-refractivity contribution in [3.63, 3.8) is 0 Å². The van der Waals surface area contributed by atoms with E-state index >= 15 is 0 Å². The summed E-state index contributed by atoms with van der Waals surface area (Å²) in [7, 11) is 0. The first-order valence-corrected chi connectivity index (χ1v) is 7.62. The van der Waals surface area contributed by atoms with Crippen LogP contribution in [0.2, 0.25) is 10.0 Å². The van der Waals surface area contributed by atoms with E-state index in [0.29, 0.717) is 22.2 Å². The smallest absolute Gasteiger partial charge is 0.337 e. The Balaban J connectivity index is 2.01. The van der Waals surface area contributed by atoms with E-state index < -0.39 is 5.97 Å². The SMILES string of the molecule is O=C(O)c1cc(Cl)c2nc(Nc3ccc(Br)cc3Cl)cn2c1. The topological polar surface area (TPSA) is 66.6 Å². The van der Waals surface area contributed by atoms with Gasteiger partial charge in [-0.1, -0.05) is 39.1 Å². The number of aromatic nitrogens is 2. The number of carbonyl (C=O) groups is 1. The molecule has 0 bridgehead atoms. The maximum atomic E-state index is 11.0. The molecule has 112 valence electrons. The highest BCUT2D eigenvalue weighted by molar-refractivity contribution is 9.10. The Kier molecular flexibility index (Phi) is 3.99. The molecule has 3 rings (SSSR count). The fourth-order valence-corrected chi connectivity index (χ4v) is 2.94. The molecule has 3 aromatic rings. The highest BCUT2D eigenvalue weighted by atomic mass is 79.9. The molecule has 2 aromatic heterocycles. The van der Waals surface area contributed by atoms with E-state index in [1.807, 2.05) is 6.07 Å². The number of nitrogens with zero attached hydrogens (tertiary/aromatic N) is 2. The van der Waals surface area contributed by atoms with Crippen LogP contribution in [0.25, 0.3) is 5.65 Å². The van der Waals surface area contributed by atoms with Crippen LogP contribution in [0.3, 0.4) is 0 Å². The molecule has 0 spiro atoms. The van der Waals surface area contributed by atoms with Gasteiger partial charge in [0.1, 0.15) is 5.82 Å². The lowest BCUT2D eigenvalue weighted by molar-refractivity contribution is 0.0696. The molecule has 0 saturated carbocycles. The number of carboxylic acids is 1. The van der Waals surface area contributed by atoms with Gasteiger partial charge in [0, 0.05) is 10.7 Å². The maximum Gasteiger partial charge on any atom is 0.337 e. The van der Waals surface area contributed by atoms with E-state index in [-0.39, 0.29) is 10.6 Å². The number of hydrogen-bond donors (Lipinski definition) is 2. The minimum atomic E-state index is -1.05. The second-order valence-electron chi connectivity index (χ2n) is 4.49. The van der Waals surface area contributed by atoms with Gasteiger partial charge in [-0.2, -0.15) is 0 Å². The number of pyridine rings is 1. The number of anilines is 2. The first-order chi connectivity index (χ1) is 10.4. The third kappa shape index (κ3) is 2.90. The van der Waals surface area contributed by atoms with E-state index in [0.717, 1.165) is 4.47 Å². The molecule has 0 aliphatic heterocycles. The number of benzene rings is 1. The molecule has 0 fully saturated rings. The Labute approximate surface area is 143 Å². The van der Waals surface area contributed by atoms with Crippen molar-refractivity contribution in [2.45, 2.75) is 0 Å². The highest BCUT2D eigenvalue weighted by Gasteiger charge is 2.12. The third-order valence-electron chi connectivity index (χ3n) is 2.95. The molecule has 0 aliphatic rings. The molecule has 0 radical (unpaired) electrons. The van der Waals surface area contributed by atoms with Gasteiger partial charge < -0.3 is 14.8 Å². The van der Waals surface area contributed by atoms with Crippen molar-refractivity contribution in [2.75, 3.05) is 5.32 Å². The van der Waals surface area contributed by atoms with E-state index in [1.165, 1.54) is 12.3 Å². The number of nitrogens with one attached hydrogen (secondary N) is 1. The average molecular weight is 401 g/mol. The number of fused-ring (bicyclic) bond motifs is 1. The first-order valence-electron chi connectivity index (χ1n) is 6.07. The lowest BCUT2D eigenvalue weighted by Crippen LogP contribution is -1.98. The van der Waals surface area contributed by atoms with Crippen LogP contribution in [0.5, 0.6) is 0 Å². The monoisotopic (exact) mass is 399 g/mol. The zero-order valence-corrected chi connectivity index (χ0v) is 13.9. The Morgan fingerprint density at radius 1 is 1.23 bits per heavy atom. The normalized spacial score (nSPS) is 10.9. The zero-order chi connectivity index (χ0) is 15.9. The lowest BCUT2D eigenvalue weighted by atomic mass is 10.3. The van der Waals surface area contributed by atoms with Crippen molar-refractivity contribution in [3.8, 4) is 0 Å². The van der Waals surface area contributed by atoms with Crippen molar-refractivity contribution >= 4 is 62.3 Å². The number of rotatable bonds is 3. The Hall–Kier alpha value is -1.76. The van der Waals surface area contributed by atoms with Gasteiger partial charge in [0.2, 0.25) is 0 Å². The molecule has 2 N–H and O–H groups in total. The molecule has 0 aliphatic carbocycles. The molecule has 0 unspecified atom stereocenters. The summed E-state index contributed by atoms with van der Waals surface area (Å²) in [6.45, 7) is 0. The summed E-state index contributed by atoms with van der Waals surface area (Å²) >= 11 is 15.5. The van der Waals surface area contributed by atoms with Gasteiger partial charge in [-0.15, -0.1) is 0 Å². The summed E-state index contributed by atoms with van der Waals surface area (Å²) in [6, 6.07) is 6.78. The number of aromatic carboxylic acids is 1. The second kappa shape index (κ2) is 5.79. The van der Waals surface area contributed by atoms with Gasteiger partial charge in [-0.25, -0.2) is 9.78 Å². The van der Waals surface area contributed by atoms with Gasteiger partial charge >= 0.3 is 5.97 Å². The summed E-state index contributed by atoms with van der Waals surface area (Å²) in [5.74, 6) is -0.545. The average Bonchev–Trinajstić information content (AvgIpc) is 2.85. The highest BCUT2D eigenvalue weighted by Crippen LogP contribution is 2.29. The van der Waals surface area contributed by atoms with Crippen LogP contribution in [0.4, 0.5) is 11.5 Å². The number of carboxylic acid groups (broad SMARTS) is 1. The molecule has 8 heteroatoms. The molecule has 2 heterocycles. The van der Waals surface area contributed by atoms with Gasteiger partial charge in [-0.3, -0.25) is 0 Å². The van der Waals surface area contributed by atoms with Crippen molar-refractivity contribution in [2.24, 2.45) is 0 Å². The molecular weight excluding hydrogens is 393 g/mol. The fraction of sp³-hybridized carbons (Fsp3) is 0. The molecular formula is C14H8BrCl2N3O2. The van der Waals surface area contributed by atoms with E-state index in [1.54, 1.807) is 22.7 Å². The molecule has 0 saturated heterocycles. The van der Waals surface area contributed by atoms with Crippen molar-refractivity contribution in [3.05, 3.63) is 56.7 Å². The molecule has 0 amide bonds. The maximum absolute atomic E-state index is 11.0. The molecule has 0 atom stereocenters. The van der Waals surface area contributed by atoms with E-state index in [2.05, 4.69) is 26.2 Å². The number of hydrogen-bond acceptors (Lipinski definition) is 3. The van der Waals surface area contributed by atoms with Crippen molar-refractivity contribution in [1.82, 2.24) is 9.38 Å². The number of halogens is 3. The second-order valence-corrected chi connectivity index (χ2v) is 6.22. The molecule has 22 heavy (non-hydrogen) atoms. The predicted octanol–water partition coefficient (Wildman–Crippen LogP) is 4.85. The van der Waals surface area contributed by atoms with Crippen LogP contribution in [-0.4, -0.2) is 20.5 Å². The van der Waals surface area contributed by atoms with E-state index in [4.69, 9.17) is 28.3 Å². The van der Waals surface area contributed by atoms with Crippen LogP contribution in [-0.2, 0) is 0 Å². The molecule has 5 nitrogen and oxygen atoms in total. The van der Waals surface area contributed by atoms with E-state index in [9.17, 15) is 4.79 Å². The summed E-state index contributed by atoms with van der Waals surface area (Å²) in [5.41, 5.74) is 1.23. The minimum Gasteiger partial charge on any atom is -0.478 e.